The van der Waals surface area contributed by atoms with Crippen LogP contribution in [-0.2, 0) is 24.2 Å². The summed E-state index contributed by atoms with van der Waals surface area (Å²) in [4.78, 5) is 34.4. The number of hydrogen-bond donors (Lipinski definition) is 1. The monoisotopic (exact) mass is 352 g/mol. The largest absolute Gasteiger partial charge is 0.352 e. The standard InChI is InChI=1S/C20H20N2O4/c23-19(17-7-6-15-2-1-3-16(15)12-17)10-11-20(24)21-13-14-4-8-18(9-5-14)22(25)26/h4-9,12H,1-3,10-11,13H2,(H,21,24). The van der Waals surface area contributed by atoms with E-state index in [9.17, 15) is 19.7 Å². The lowest BCUT2D eigenvalue weighted by atomic mass is 10.0. The van der Waals surface area contributed by atoms with Crippen LogP contribution in [-0.4, -0.2) is 16.6 Å². The van der Waals surface area contributed by atoms with Gasteiger partial charge in [-0.05, 0) is 42.0 Å². The summed E-state index contributed by atoms with van der Waals surface area (Å²) < 4.78 is 0. The van der Waals surface area contributed by atoms with Gasteiger partial charge in [0.05, 0.1) is 4.92 Å². The Morgan fingerprint density at radius 1 is 1.00 bits per heavy atom. The first kappa shape index (κ1) is 17.8. The summed E-state index contributed by atoms with van der Waals surface area (Å²) in [5.74, 6) is -0.233. The van der Waals surface area contributed by atoms with Gasteiger partial charge in [-0.25, -0.2) is 0 Å². The highest BCUT2D eigenvalue weighted by Crippen LogP contribution is 2.23. The highest BCUT2D eigenvalue weighted by Gasteiger charge is 2.15. The van der Waals surface area contributed by atoms with Crippen LogP contribution >= 0.6 is 0 Å². The van der Waals surface area contributed by atoms with Crippen molar-refractivity contribution < 1.29 is 14.5 Å². The van der Waals surface area contributed by atoms with Crippen LogP contribution in [0.5, 0.6) is 0 Å². The molecule has 6 heteroatoms. The quantitative estimate of drug-likeness (QED) is 0.470. The van der Waals surface area contributed by atoms with E-state index in [0.717, 1.165) is 24.8 Å². The summed E-state index contributed by atoms with van der Waals surface area (Å²) in [5.41, 5.74) is 4.03. The van der Waals surface area contributed by atoms with Crippen LogP contribution in [0, 0.1) is 10.1 Å². The molecule has 0 heterocycles. The Kier molecular flexibility index (Phi) is 5.41. The SMILES string of the molecule is O=C(CCC(=O)c1ccc2c(c1)CCC2)NCc1ccc([N+](=O)[O-])cc1. The highest BCUT2D eigenvalue weighted by atomic mass is 16.6. The maximum Gasteiger partial charge on any atom is 0.269 e. The number of nitro groups is 1. The van der Waals surface area contributed by atoms with Gasteiger partial charge >= 0.3 is 0 Å². The number of amides is 1. The minimum Gasteiger partial charge on any atom is -0.352 e. The maximum absolute atomic E-state index is 12.3. The molecule has 1 amide bonds. The van der Waals surface area contributed by atoms with E-state index >= 15 is 0 Å². The first-order valence-corrected chi connectivity index (χ1v) is 8.68. The van der Waals surface area contributed by atoms with Crippen molar-refractivity contribution in [3.63, 3.8) is 0 Å². The topological polar surface area (TPSA) is 89.3 Å². The number of fused-ring (bicyclic) bond motifs is 1. The lowest BCUT2D eigenvalue weighted by Gasteiger charge is -2.06. The molecule has 1 aliphatic rings. The predicted octanol–water partition coefficient (Wildman–Crippen LogP) is 3.36. The number of ketones is 1. The maximum atomic E-state index is 12.3. The molecule has 134 valence electrons. The van der Waals surface area contributed by atoms with Gasteiger partial charge < -0.3 is 5.32 Å². The van der Waals surface area contributed by atoms with Gasteiger partial charge in [-0.3, -0.25) is 19.7 Å². The van der Waals surface area contributed by atoms with E-state index in [1.807, 2.05) is 18.2 Å². The van der Waals surface area contributed by atoms with Gasteiger partial charge in [-0.1, -0.05) is 24.3 Å². The van der Waals surface area contributed by atoms with Crippen LogP contribution in [0.2, 0.25) is 0 Å². The minimum absolute atomic E-state index is 0.0139. The minimum atomic E-state index is -0.465. The molecule has 0 aliphatic heterocycles. The van der Waals surface area contributed by atoms with Crippen molar-refractivity contribution in [2.75, 3.05) is 0 Å². The summed E-state index contributed by atoms with van der Waals surface area (Å²) >= 11 is 0. The summed E-state index contributed by atoms with van der Waals surface area (Å²) in [7, 11) is 0. The number of Topliss-reactive ketones (excluding diaryl/α,β-unsaturated/α-hetero) is 1. The zero-order valence-corrected chi connectivity index (χ0v) is 14.4. The third-order valence-electron chi connectivity index (χ3n) is 4.64. The van der Waals surface area contributed by atoms with E-state index in [4.69, 9.17) is 0 Å². The Balaban J connectivity index is 1.46. The molecule has 0 saturated carbocycles. The molecule has 26 heavy (non-hydrogen) atoms. The molecule has 0 unspecified atom stereocenters. The molecule has 0 radical (unpaired) electrons. The molecule has 0 aromatic heterocycles. The van der Waals surface area contributed by atoms with Gasteiger partial charge in [0.2, 0.25) is 5.91 Å². The highest BCUT2D eigenvalue weighted by molar-refractivity contribution is 5.98. The van der Waals surface area contributed by atoms with Crippen LogP contribution in [0.15, 0.2) is 42.5 Å². The van der Waals surface area contributed by atoms with Crippen LogP contribution in [0.1, 0.15) is 46.3 Å². The molecular weight excluding hydrogens is 332 g/mol. The molecule has 0 bridgehead atoms. The molecule has 0 fully saturated rings. The Hall–Kier alpha value is -3.02. The molecular formula is C20H20N2O4. The Bertz CT molecular complexity index is 843. The fourth-order valence-corrected chi connectivity index (χ4v) is 3.14. The number of carbonyl (C=O) groups is 2. The fourth-order valence-electron chi connectivity index (χ4n) is 3.14. The van der Waals surface area contributed by atoms with Gasteiger partial charge in [0, 0.05) is 37.1 Å². The van der Waals surface area contributed by atoms with E-state index in [1.54, 1.807) is 12.1 Å². The molecule has 0 spiro atoms. The second kappa shape index (κ2) is 7.91. The molecule has 1 N–H and O–H groups in total. The van der Waals surface area contributed by atoms with Gasteiger partial charge in [-0.15, -0.1) is 0 Å². The number of carbonyl (C=O) groups excluding carboxylic acids is 2. The lowest BCUT2D eigenvalue weighted by Crippen LogP contribution is -2.23. The number of rotatable bonds is 7. The van der Waals surface area contributed by atoms with Crippen molar-refractivity contribution in [2.45, 2.75) is 38.6 Å². The third kappa shape index (κ3) is 4.33. The van der Waals surface area contributed by atoms with Crippen molar-refractivity contribution in [1.82, 2.24) is 5.32 Å². The van der Waals surface area contributed by atoms with E-state index in [-0.39, 0.29) is 36.8 Å². The van der Waals surface area contributed by atoms with Crippen molar-refractivity contribution >= 4 is 17.4 Å². The second-order valence-corrected chi connectivity index (χ2v) is 6.46. The van der Waals surface area contributed by atoms with E-state index in [1.165, 1.54) is 23.3 Å². The van der Waals surface area contributed by atoms with Crippen LogP contribution in [0.4, 0.5) is 5.69 Å². The average molecular weight is 352 g/mol. The summed E-state index contributed by atoms with van der Waals surface area (Å²) in [6, 6.07) is 11.8. The molecule has 1 aliphatic carbocycles. The first-order valence-electron chi connectivity index (χ1n) is 8.68. The molecule has 0 atom stereocenters. The lowest BCUT2D eigenvalue weighted by molar-refractivity contribution is -0.384. The average Bonchev–Trinajstić information content (AvgIpc) is 3.12. The zero-order valence-electron chi connectivity index (χ0n) is 14.4. The number of hydrogen-bond acceptors (Lipinski definition) is 4. The normalized spacial score (nSPS) is 12.5. The molecule has 2 aromatic rings. The van der Waals surface area contributed by atoms with Gasteiger partial charge in [0.1, 0.15) is 0 Å². The van der Waals surface area contributed by atoms with Crippen molar-refractivity contribution in [3.8, 4) is 0 Å². The van der Waals surface area contributed by atoms with Gasteiger partial charge in [-0.2, -0.15) is 0 Å². The Morgan fingerprint density at radius 3 is 2.46 bits per heavy atom. The summed E-state index contributed by atoms with van der Waals surface area (Å²) in [6.45, 7) is 0.282. The van der Waals surface area contributed by atoms with Crippen LogP contribution in [0.3, 0.4) is 0 Å². The fraction of sp³-hybridized carbons (Fsp3) is 0.300. The number of benzene rings is 2. The zero-order chi connectivity index (χ0) is 18.5. The third-order valence-corrected chi connectivity index (χ3v) is 4.64. The molecule has 0 saturated heterocycles. The Labute approximate surface area is 151 Å². The van der Waals surface area contributed by atoms with Crippen molar-refractivity contribution in [1.29, 1.82) is 0 Å². The van der Waals surface area contributed by atoms with Crippen LogP contribution < -0.4 is 5.32 Å². The smallest absolute Gasteiger partial charge is 0.269 e. The number of nitrogens with zero attached hydrogens (tertiary/aromatic N) is 1. The number of nitrogens with one attached hydrogen (secondary N) is 1. The predicted molar refractivity (Wildman–Crippen MR) is 97.0 cm³/mol. The second-order valence-electron chi connectivity index (χ2n) is 6.46. The number of non-ortho nitro benzene ring substituents is 1. The van der Waals surface area contributed by atoms with Gasteiger partial charge in [0.25, 0.3) is 5.69 Å². The van der Waals surface area contributed by atoms with Gasteiger partial charge in [0.15, 0.2) is 5.78 Å². The molecule has 2 aromatic carbocycles. The number of aryl methyl sites for hydroxylation is 2. The van der Waals surface area contributed by atoms with E-state index in [0.29, 0.717) is 5.56 Å². The Morgan fingerprint density at radius 2 is 1.73 bits per heavy atom. The summed E-state index contributed by atoms with van der Waals surface area (Å²) in [5, 5.41) is 13.3. The van der Waals surface area contributed by atoms with E-state index in [2.05, 4.69) is 5.32 Å². The van der Waals surface area contributed by atoms with Crippen molar-refractivity contribution in [3.05, 3.63) is 74.8 Å². The summed E-state index contributed by atoms with van der Waals surface area (Å²) in [6.07, 6.45) is 3.53. The van der Waals surface area contributed by atoms with Crippen LogP contribution in [0.25, 0.3) is 0 Å². The molecule has 3 rings (SSSR count). The van der Waals surface area contributed by atoms with Crippen molar-refractivity contribution in [2.24, 2.45) is 0 Å². The first-order chi connectivity index (χ1) is 12.5. The van der Waals surface area contributed by atoms with E-state index < -0.39 is 4.92 Å². The molecule has 6 nitrogen and oxygen atoms in total. The number of nitro benzene ring substituents is 1.